The molecule has 0 saturated heterocycles. The van der Waals surface area contributed by atoms with Crippen LogP contribution in [0.5, 0.6) is 5.75 Å². The van der Waals surface area contributed by atoms with Crippen LogP contribution in [-0.4, -0.2) is 24.7 Å². The number of hydrogen-bond donors (Lipinski definition) is 1. The zero-order chi connectivity index (χ0) is 11.2. The number of hydrogen-bond acceptors (Lipinski definition) is 3. The van der Waals surface area contributed by atoms with Crippen molar-refractivity contribution in [1.82, 2.24) is 10.3 Å². The highest BCUT2D eigenvalue weighted by molar-refractivity contribution is 5.52. The van der Waals surface area contributed by atoms with Gasteiger partial charge < -0.3 is 10.1 Å². The van der Waals surface area contributed by atoms with Crippen molar-refractivity contribution in [2.45, 2.75) is 25.3 Å². The van der Waals surface area contributed by atoms with Crippen molar-refractivity contribution in [2.24, 2.45) is 0 Å². The molecule has 0 unspecified atom stereocenters. The maximum atomic E-state index is 5.22. The fourth-order valence-corrected chi connectivity index (χ4v) is 1.55. The number of methoxy groups -OCH3 is 1. The summed E-state index contributed by atoms with van der Waals surface area (Å²) >= 11 is 0. The van der Waals surface area contributed by atoms with Crippen molar-refractivity contribution in [3.63, 3.8) is 0 Å². The van der Waals surface area contributed by atoms with Crippen molar-refractivity contribution >= 4 is 6.08 Å². The lowest BCUT2D eigenvalue weighted by molar-refractivity contribution is 0.412. The van der Waals surface area contributed by atoms with Gasteiger partial charge in [0.15, 0.2) is 0 Å². The Kier molecular flexibility index (Phi) is 3.94. The van der Waals surface area contributed by atoms with Crippen LogP contribution in [0.2, 0.25) is 0 Å². The van der Waals surface area contributed by atoms with Crippen molar-refractivity contribution in [3.05, 3.63) is 30.1 Å². The summed E-state index contributed by atoms with van der Waals surface area (Å²) < 4.78 is 5.22. The topological polar surface area (TPSA) is 34.1 Å². The van der Waals surface area contributed by atoms with Gasteiger partial charge in [0.05, 0.1) is 7.11 Å². The minimum absolute atomic E-state index is 0.790. The minimum atomic E-state index is 0.790. The third kappa shape index (κ3) is 3.35. The summed E-state index contributed by atoms with van der Waals surface area (Å²) in [6.07, 6.45) is 9.67. The summed E-state index contributed by atoms with van der Waals surface area (Å²) in [7, 11) is 1.67. The summed E-state index contributed by atoms with van der Waals surface area (Å²) in [5.41, 5.74) is 0.899. The summed E-state index contributed by atoms with van der Waals surface area (Å²) in [6, 6.07) is 4.60. The third-order valence-corrected chi connectivity index (χ3v) is 2.62. The molecule has 1 aromatic rings. The maximum absolute atomic E-state index is 5.22. The zero-order valence-corrected chi connectivity index (χ0v) is 9.65. The lowest BCUT2D eigenvalue weighted by atomic mass is 10.2. The van der Waals surface area contributed by atoms with E-state index in [1.54, 1.807) is 13.3 Å². The lowest BCUT2D eigenvalue weighted by Crippen LogP contribution is -2.16. The molecule has 86 valence electrons. The molecule has 0 radical (unpaired) electrons. The van der Waals surface area contributed by atoms with E-state index in [2.05, 4.69) is 16.4 Å². The van der Waals surface area contributed by atoms with E-state index < -0.39 is 0 Å². The van der Waals surface area contributed by atoms with Crippen molar-refractivity contribution in [1.29, 1.82) is 0 Å². The van der Waals surface area contributed by atoms with Gasteiger partial charge in [0.1, 0.15) is 11.4 Å². The van der Waals surface area contributed by atoms with Crippen LogP contribution in [0.4, 0.5) is 0 Å². The van der Waals surface area contributed by atoms with Crippen molar-refractivity contribution in [2.75, 3.05) is 13.7 Å². The van der Waals surface area contributed by atoms with Gasteiger partial charge in [-0.05, 0) is 44.0 Å². The average Bonchev–Trinajstić information content (AvgIpc) is 3.13. The summed E-state index contributed by atoms with van der Waals surface area (Å²) in [4.78, 5) is 4.26. The Morgan fingerprint density at radius 1 is 1.56 bits per heavy atom. The molecule has 16 heavy (non-hydrogen) atoms. The largest absolute Gasteiger partial charge is 0.494 e. The van der Waals surface area contributed by atoms with Gasteiger partial charge in [0.2, 0.25) is 0 Å². The number of pyridine rings is 1. The first kappa shape index (κ1) is 11.1. The van der Waals surface area contributed by atoms with Crippen LogP contribution in [0, 0.1) is 0 Å². The Bertz CT molecular complexity index is 359. The van der Waals surface area contributed by atoms with E-state index in [0.29, 0.717) is 0 Å². The second kappa shape index (κ2) is 5.66. The molecule has 0 amide bonds. The minimum Gasteiger partial charge on any atom is -0.494 e. The predicted molar refractivity (Wildman–Crippen MR) is 65.5 cm³/mol. The Labute approximate surface area is 96.5 Å². The Hall–Kier alpha value is -1.35. The van der Waals surface area contributed by atoms with E-state index in [1.165, 1.54) is 12.8 Å². The van der Waals surface area contributed by atoms with Crippen LogP contribution in [0.15, 0.2) is 24.4 Å². The van der Waals surface area contributed by atoms with Gasteiger partial charge >= 0.3 is 0 Å². The molecule has 1 aliphatic rings. The van der Waals surface area contributed by atoms with Gasteiger partial charge in [0.25, 0.3) is 0 Å². The van der Waals surface area contributed by atoms with Crippen LogP contribution < -0.4 is 10.1 Å². The van der Waals surface area contributed by atoms with E-state index in [4.69, 9.17) is 4.74 Å². The molecule has 1 saturated carbocycles. The Balaban J connectivity index is 1.79. The first-order valence-electron chi connectivity index (χ1n) is 5.79. The third-order valence-electron chi connectivity index (χ3n) is 2.62. The molecule has 0 atom stereocenters. The summed E-state index contributed by atoms with van der Waals surface area (Å²) in [5.74, 6) is 0.828. The molecule has 0 spiro atoms. The number of rotatable bonds is 6. The molecular weight excluding hydrogens is 200 g/mol. The standard InChI is InChI=1S/C13H18N2O/c1-16-13-6-4-10-15-12(13)5-2-3-9-14-11-7-8-11/h2,4-6,10-11,14H,3,7-9H2,1H3/b5-2+. The van der Waals surface area contributed by atoms with Crippen molar-refractivity contribution < 1.29 is 4.74 Å². The normalized spacial score (nSPS) is 15.6. The number of nitrogens with zero attached hydrogens (tertiary/aromatic N) is 1. The Morgan fingerprint density at radius 2 is 2.44 bits per heavy atom. The summed E-state index contributed by atoms with van der Waals surface area (Å²) in [5, 5.41) is 3.47. The molecule has 1 aromatic heterocycles. The highest BCUT2D eigenvalue weighted by atomic mass is 16.5. The molecule has 1 heterocycles. The van der Waals surface area contributed by atoms with Gasteiger partial charge in [-0.15, -0.1) is 0 Å². The smallest absolute Gasteiger partial charge is 0.144 e. The lowest BCUT2D eigenvalue weighted by Gasteiger charge is -2.02. The molecular formula is C13H18N2O. The zero-order valence-electron chi connectivity index (χ0n) is 9.65. The number of nitrogens with one attached hydrogen (secondary N) is 1. The maximum Gasteiger partial charge on any atom is 0.144 e. The molecule has 1 N–H and O–H groups in total. The van der Waals surface area contributed by atoms with E-state index in [1.807, 2.05) is 18.2 Å². The van der Waals surface area contributed by atoms with Gasteiger partial charge in [-0.3, -0.25) is 4.98 Å². The molecule has 2 rings (SSSR count). The van der Waals surface area contributed by atoms with Gasteiger partial charge in [0, 0.05) is 12.2 Å². The first-order valence-corrected chi connectivity index (χ1v) is 5.79. The summed E-state index contributed by atoms with van der Waals surface area (Å²) in [6.45, 7) is 1.05. The van der Waals surface area contributed by atoms with Crippen LogP contribution in [0.1, 0.15) is 25.0 Å². The average molecular weight is 218 g/mol. The van der Waals surface area contributed by atoms with Crippen LogP contribution >= 0.6 is 0 Å². The molecule has 3 nitrogen and oxygen atoms in total. The van der Waals surface area contributed by atoms with Gasteiger partial charge in [-0.25, -0.2) is 0 Å². The Morgan fingerprint density at radius 3 is 3.19 bits per heavy atom. The second-order valence-corrected chi connectivity index (χ2v) is 4.01. The van der Waals surface area contributed by atoms with E-state index >= 15 is 0 Å². The SMILES string of the molecule is COc1cccnc1/C=C/CCNC1CC1. The fourth-order valence-electron chi connectivity index (χ4n) is 1.55. The van der Waals surface area contributed by atoms with Crippen molar-refractivity contribution in [3.8, 4) is 5.75 Å². The molecule has 0 aliphatic heterocycles. The van der Waals surface area contributed by atoms with E-state index in [0.717, 1.165) is 30.5 Å². The monoisotopic (exact) mass is 218 g/mol. The molecule has 0 aromatic carbocycles. The molecule has 1 fully saturated rings. The van der Waals surface area contributed by atoms with Crippen LogP contribution in [0.25, 0.3) is 6.08 Å². The predicted octanol–water partition coefficient (Wildman–Crippen LogP) is 2.25. The number of ether oxygens (including phenoxy) is 1. The van der Waals surface area contributed by atoms with Crippen LogP contribution in [-0.2, 0) is 0 Å². The highest BCUT2D eigenvalue weighted by Gasteiger charge is 2.19. The quantitative estimate of drug-likeness (QED) is 0.744. The van der Waals surface area contributed by atoms with Gasteiger partial charge in [-0.2, -0.15) is 0 Å². The second-order valence-electron chi connectivity index (χ2n) is 4.01. The van der Waals surface area contributed by atoms with E-state index in [-0.39, 0.29) is 0 Å². The first-order chi connectivity index (χ1) is 7.90. The molecule has 3 heteroatoms. The van der Waals surface area contributed by atoms with Gasteiger partial charge in [-0.1, -0.05) is 6.08 Å². The fraction of sp³-hybridized carbons (Fsp3) is 0.462. The number of aromatic nitrogens is 1. The molecule has 1 aliphatic carbocycles. The molecule has 0 bridgehead atoms. The van der Waals surface area contributed by atoms with Crippen LogP contribution in [0.3, 0.4) is 0 Å². The highest BCUT2D eigenvalue weighted by Crippen LogP contribution is 2.18. The van der Waals surface area contributed by atoms with E-state index in [9.17, 15) is 0 Å².